The van der Waals surface area contributed by atoms with Crippen molar-refractivity contribution in [3.8, 4) is 0 Å². The van der Waals surface area contributed by atoms with E-state index in [1.165, 1.54) is 7.11 Å². The summed E-state index contributed by atoms with van der Waals surface area (Å²) in [5.41, 5.74) is -6.04. The number of halogens is 6. The Hall–Kier alpha value is -1.77. The van der Waals surface area contributed by atoms with Crippen LogP contribution in [0.1, 0.15) is 11.1 Å². The van der Waals surface area contributed by atoms with Gasteiger partial charge in [-0.05, 0) is 5.56 Å². The maximum atomic E-state index is 12.6. The lowest BCUT2D eigenvalue weighted by molar-refractivity contribution is -0.376. The molecule has 0 bridgehead atoms. The molecule has 0 heterocycles. The van der Waals surface area contributed by atoms with Crippen LogP contribution in [0.2, 0.25) is 0 Å². The molecule has 9 heteroatoms. The number of alkyl halides is 6. The molecular formula is C11H9F6NO2. The van der Waals surface area contributed by atoms with Gasteiger partial charge >= 0.3 is 12.4 Å². The van der Waals surface area contributed by atoms with Crippen LogP contribution >= 0.6 is 0 Å². The molecule has 0 aliphatic rings. The summed E-state index contributed by atoms with van der Waals surface area (Å²) >= 11 is 0. The van der Waals surface area contributed by atoms with E-state index in [0.717, 1.165) is 18.3 Å². The average Bonchev–Trinajstić information content (AvgIpc) is 2.33. The van der Waals surface area contributed by atoms with Crippen LogP contribution in [-0.2, 0) is 10.4 Å². The van der Waals surface area contributed by atoms with Crippen LogP contribution in [0.4, 0.5) is 26.3 Å². The topological polar surface area (TPSA) is 41.8 Å². The Bertz CT molecular complexity index is 463. The van der Waals surface area contributed by atoms with E-state index in [2.05, 4.69) is 9.99 Å². The molecule has 0 saturated heterocycles. The van der Waals surface area contributed by atoms with Gasteiger partial charge in [-0.15, -0.1) is 0 Å². The minimum atomic E-state index is -5.90. The van der Waals surface area contributed by atoms with Gasteiger partial charge in [0.1, 0.15) is 7.11 Å². The van der Waals surface area contributed by atoms with Gasteiger partial charge in [0.05, 0.1) is 6.21 Å². The average molecular weight is 301 g/mol. The molecule has 0 radical (unpaired) electrons. The van der Waals surface area contributed by atoms with Gasteiger partial charge in [0.2, 0.25) is 0 Å². The third kappa shape index (κ3) is 2.87. The Kier molecular flexibility index (Phi) is 4.33. The molecule has 0 amide bonds. The van der Waals surface area contributed by atoms with Gasteiger partial charge in [0, 0.05) is 5.56 Å². The molecule has 0 aliphatic heterocycles. The minimum Gasteiger partial charge on any atom is -0.399 e. The maximum Gasteiger partial charge on any atom is 0.430 e. The molecule has 0 atom stereocenters. The number of hydrogen-bond donors (Lipinski definition) is 1. The molecule has 1 aromatic rings. The van der Waals surface area contributed by atoms with E-state index >= 15 is 0 Å². The van der Waals surface area contributed by atoms with E-state index in [1.54, 1.807) is 0 Å². The van der Waals surface area contributed by atoms with Crippen molar-refractivity contribution >= 4 is 6.21 Å². The zero-order valence-electron chi connectivity index (χ0n) is 9.96. The second kappa shape index (κ2) is 5.31. The normalized spacial score (nSPS) is 13.8. The smallest absolute Gasteiger partial charge is 0.399 e. The number of rotatable bonds is 3. The molecule has 0 unspecified atom stereocenters. The summed E-state index contributed by atoms with van der Waals surface area (Å²) in [5.74, 6) is 0. The van der Waals surface area contributed by atoms with Gasteiger partial charge in [-0.3, -0.25) is 0 Å². The van der Waals surface area contributed by atoms with Gasteiger partial charge in [0.25, 0.3) is 5.60 Å². The number of aliphatic hydroxyl groups is 1. The Morgan fingerprint density at radius 2 is 1.45 bits per heavy atom. The Morgan fingerprint density at radius 1 is 1.00 bits per heavy atom. The lowest BCUT2D eigenvalue weighted by atomic mass is 9.91. The van der Waals surface area contributed by atoms with E-state index in [4.69, 9.17) is 5.11 Å². The Balaban J connectivity index is 3.28. The Labute approximate surface area is 109 Å². The fourth-order valence-corrected chi connectivity index (χ4v) is 1.41. The first-order valence-corrected chi connectivity index (χ1v) is 5.07. The molecule has 0 saturated carbocycles. The van der Waals surface area contributed by atoms with Crippen LogP contribution in [0.25, 0.3) is 0 Å². The summed E-state index contributed by atoms with van der Waals surface area (Å²) < 4.78 is 75.4. The quantitative estimate of drug-likeness (QED) is 0.530. The third-order valence-corrected chi connectivity index (χ3v) is 2.46. The summed E-state index contributed by atoms with van der Waals surface area (Å²) in [4.78, 5) is 4.31. The van der Waals surface area contributed by atoms with Gasteiger partial charge in [-0.25, -0.2) is 0 Å². The molecule has 3 nitrogen and oxygen atoms in total. The van der Waals surface area contributed by atoms with E-state index < -0.39 is 23.5 Å². The predicted octanol–water partition coefficient (Wildman–Crippen LogP) is 2.98. The van der Waals surface area contributed by atoms with E-state index in [0.29, 0.717) is 12.1 Å². The van der Waals surface area contributed by atoms with Crippen LogP contribution in [0, 0.1) is 0 Å². The summed E-state index contributed by atoms with van der Waals surface area (Å²) in [6, 6.07) is 2.94. The van der Waals surface area contributed by atoms with Crippen molar-refractivity contribution in [1.29, 1.82) is 0 Å². The summed E-state index contributed by atoms with van der Waals surface area (Å²) in [5, 5.41) is 12.4. The molecule has 20 heavy (non-hydrogen) atoms. The molecule has 0 spiro atoms. The standard InChI is InChI=1S/C11H9F6NO2/c1-20-18-6-7-2-4-8(5-3-7)9(19,10(12,13)14)11(15,16)17/h2-6,19H,1H3/b18-6+. The Morgan fingerprint density at radius 3 is 1.80 bits per heavy atom. The number of hydrogen-bond acceptors (Lipinski definition) is 3. The van der Waals surface area contributed by atoms with Gasteiger partial charge < -0.3 is 9.94 Å². The largest absolute Gasteiger partial charge is 0.430 e. The van der Waals surface area contributed by atoms with Gasteiger partial charge in [-0.2, -0.15) is 26.3 Å². The summed E-state index contributed by atoms with van der Waals surface area (Å²) in [6.45, 7) is 0. The highest BCUT2D eigenvalue weighted by Crippen LogP contribution is 2.49. The molecule has 1 N–H and O–H groups in total. The van der Waals surface area contributed by atoms with Crippen molar-refractivity contribution in [2.24, 2.45) is 5.16 Å². The van der Waals surface area contributed by atoms with Crippen molar-refractivity contribution < 1.29 is 36.3 Å². The highest BCUT2D eigenvalue weighted by atomic mass is 19.4. The first-order valence-electron chi connectivity index (χ1n) is 5.07. The monoisotopic (exact) mass is 301 g/mol. The van der Waals surface area contributed by atoms with Crippen molar-refractivity contribution in [2.75, 3.05) is 7.11 Å². The fraction of sp³-hybridized carbons (Fsp3) is 0.364. The van der Waals surface area contributed by atoms with Crippen LogP contribution in [0.5, 0.6) is 0 Å². The molecule has 1 aromatic carbocycles. The molecule has 0 fully saturated rings. The van der Waals surface area contributed by atoms with Crippen LogP contribution < -0.4 is 0 Å². The number of nitrogens with zero attached hydrogens (tertiary/aromatic N) is 1. The van der Waals surface area contributed by atoms with Gasteiger partial charge in [0.15, 0.2) is 0 Å². The zero-order valence-corrected chi connectivity index (χ0v) is 9.96. The number of oxime groups is 1. The second-order valence-electron chi connectivity index (χ2n) is 3.75. The van der Waals surface area contributed by atoms with Crippen LogP contribution in [-0.4, -0.2) is 30.8 Å². The van der Waals surface area contributed by atoms with Crippen molar-refractivity contribution in [2.45, 2.75) is 18.0 Å². The number of benzene rings is 1. The first-order chi connectivity index (χ1) is 9.04. The molecular weight excluding hydrogens is 292 g/mol. The van der Waals surface area contributed by atoms with E-state index in [-0.39, 0.29) is 5.56 Å². The van der Waals surface area contributed by atoms with E-state index in [1.807, 2.05) is 0 Å². The summed E-state index contributed by atoms with van der Waals surface area (Å²) in [6.07, 6.45) is -10.7. The van der Waals surface area contributed by atoms with Crippen molar-refractivity contribution in [3.63, 3.8) is 0 Å². The summed E-state index contributed by atoms with van der Waals surface area (Å²) in [7, 11) is 1.22. The second-order valence-corrected chi connectivity index (χ2v) is 3.75. The lowest BCUT2D eigenvalue weighted by Gasteiger charge is -2.32. The SMILES string of the molecule is CO/N=C/c1ccc(C(O)(C(F)(F)F)C(F)(F)F)cc1. The van der Waals surface area contributed by atoms with Gasteiger partial charge in [-0.1, -0.05) is 29.4 Å². The molecule has 112 valence electrons. The molecule has 1 rings (SSSR count). The lowest BCUT2D eigenvalue weighted by Crippen LogP contribution is -2.53. The predicted molar refractivity (Wildman–Crippen MR) is 57.1 cm³/mol. The minimum absolute atomic E-state index is 0.210. The molecule has 0 aliphatic carbocycles. The highest BCUT2D eigenvalue weighted by Gasteiger charge is 2.71. The van der Waals surface area contributed by atoms with E-state index in [9.17, 15) is 26.3 Å². The molecule has 0 aromatic heterocycles. The first kappa shape index (κ1) is 16.3. The van der Waals surface area contributed by atoms with Crippen LogP contribution in [0.15, 0.2) is 29.4 Å². The highest BCUT2D eigenvalue weighted by molar-refractivity contribution is 5.79. The zero-order chi connectivity index (χ0) is 15.6. The van der Waals surface area contributed by atoms with Crippen LogP contribution in [0.3, 0.4) is 0 Å². The fourth-order valence-electron chi connectivity index (χ4n) is 1.41. The maximum absolute atomic E-state index is 12.6. The van der Waals surface area contributed by atoms with Crippen molar-refractivity contribution in [1.82, 2.24) is 0 Å². The third-order valence-electron chi connectivity index (χ3n) is 2.46. The van der Waals surface area contributed by atoms with Crippen molar-refractivity contribution in [3.05, 3.63) is 35.4 Å².